The van der Waals surface area contributed by atoms with Crippen molar-refractivity contribution in [3.05, 3.63) is 0 Å². The van der Waals surface area contributed by atoms with Crippen molar-refractivity contribution < 1.29 is 19.8 Å². The summed E-state index contributed by atoms with van der Waals surface area (Å²) in [5, 5.41) is 22.4. The molecule has 2 N–H and O–H groups in total. The SMILES string of the molecule is CC(=O)[C@]1(O)CC[C@H]2[C@@H]3CC[C@H]4CC(=O)CC[C@]4(C)[C@H]3[C@H](O)C[C@@]21C. The van der Waals surface area contributed by atoms with Crippen molar-refractivity contribution in [2.75, 3.05) is 0 Å². The van der Waals surface area contributed by atoms with E-state index in [1.807, 2.05) is 6.92 Å². The van der Waals surface area contributed by atoms with Gasteiger partial charge in [-0.05, 0) is 74.5 Å². The fourth-order valence-corrected chi connectivity index (χ4v) is 7.75. The number of aliphatic hydroxyl groups excluding tert-OH is 1. The predicted octanol–water partition coefficient (Wildman–Crippen LogP) is 2.89. The van der Waals surface area contributed by atoms with Crippen LogP contribution in [-0.2, 0) is 9.59 Å². The fraction of sp³-hybridized carbons (Fsp3) is 0.905. The summed E-state index contributed by atoms with van der Waals surface area (Å²) in [6.45, 7) is 5.82. The van der Waals surface area contributed by atoms with Crippen molar-refractivity contribution in [3.8, 4) is 0 Å². The van der Waals surface area contributed by atoms with Gasteiger partial charge < -0.3 is 10.2 Å². The first-order valence-electron chi connectivity index (χ1n) is 10.1. The second kappa shape index (κ2) is 5.39. The summed E-state index contributed by atoms with van der Waals surface area (Å²) in [5.74, 6) is 1.48. The molecule has 4 aliphatic rings. The Hall–Kier alpha value is -0.740. The van der Waals surface area contributed by atoms with Crippen molar-refractivity contribution in [2.45, 2.75) is 83.8 Å². The van der Waals surface area contributed by atoms with Gasteiger partial charge in [0.15, 0.2) is 5.78 Å². The molecule has 0 unspecified atom stereocenters. The van der Waals surface area contributed by atoms with Crippen LogP contribution < -0.4 is 0 Å². The van der Waals surface area contributed by atoms with Gasteiger partial charge in [-0.1, -0.05) is 13.8 Å². The van der Waals surface area contributed by atoms with Gasteiger partial charge in [-0.3, -0.25) is 9.59 Å². The lowest BCUT2D eigenvalue weighted by atomic mass is 9.43. The van der Waals surface area contributed by atoms with E-state index in [2.05, 4.69) is 6.92 Å². The van der Waals surface area contributed by atoms with E-state index in [1.165, 1.54) is 6.92 Å². The Bertz CT molecular complexity index is 615. The number of fused-ring (bicyclic) bond motifs is 5. The number of ketones is 2. The number of hydrogen-bond acceptors (Lipinski definition) is 4. The topological polar surface area (TPSA) is 74.6 Å². The molecule has 4 fully saturated rings. The zero-order chi connectivity index (χ0) is 18.2. The van der Waals surface area contributed by atoms with E-state index in [4.69, 9.17) is 0 Å². The molecule has 0 bridgehead atoms. The number of carbonyl (C=O) groups excluding carboxylic acids is 2. The highest BCUT2D eigenvalue weighted by molar-refractivity contribution is 5.86. The first kappa shape index (κ1) is 17.7. The van der Waals surface area contributed by atoms with E-state index in [9.17, 15) is 19.8 Å². The molecular weight excluding hydrogens is 316 g/mol. The molecule has 0 heterocycles. The minimum atomic E-state index is -1.29. The highest BCUT2D eigenvalue weighted by atomic mass is 16.3. The summed E-state index contributed by atoms with van der Waals surface area (Å²) in [6.07, 6.45) is 5.67. The van der Waals surface area contributed by atoms with Gasteiger partial charge in [0.1, 0.15) is 11.4 Å². The zero-order valence-electron chi connectivity index (χ0n) is 15.8. The molecule has 4 heteroatoms. The predicted molar refractivity (Wildman–Crippen MR) is 93.8 cm³/mol. The summed E-state index contributed by atoms with van der Waals surface area (Å²) in [4.78, 5) is 24.2. The maximum Gasteiger partial charge on any atom is 0.161 e. The van der Waals surface area contributed by atoms with E-state index < -0.39 is 17.1 Å². The Kier molecular flexibility index (Phi) is 3.81. The summed E-state index contributed by atoms with van der Waals surface area (Å²) in [6, 6.07) is 0. The Morgan fingerprint density at radius 3 is 2.56 bits per heavy atom. The summed E-state index contributed by atoms with van der Waals surface area (Å²) < 4.78 is 0. The molecule has 0 radical (unpaired) electrons. The third-order valence-electron chi connectivity index (χ3n) is 9.15. The van der Waals surface area contributed by atoms with Gasteiger partial charge in [0.2, 0.25) is 0 Å². The fourth-order valence-electron chi connectivity index (χ4n) is 7.75. The Balaban J connectivity index is 1.71. The number of hydrogen-bond donors (Lipinski definition) is 2. The number of rotatable bonds is 1. The van der Waals surface area contributed by atoms with E-state index in [0.29, 0.717) is 49.2 Å². The highest BCUT2D eigenvalue weighted by Gasteiger charge is 2.68. The van der Waals surface area contributed by atoms with Gasteiger partial charge in [0.05, 0.1) is 6.10 Å². The summed E-state index contributed by atoms with van der Waals surface area (Å²) >= 11 is 0. The Labute approximate surface area is 150 Å². The molecule has 8 atom stereocenters. The molecule has 25 heavy (non-hydrogen) atoms. The van der Waals surface area contributed by atoms with E-state index in [-0.39, 0.29) is 17.1 Å². The van der Waals surface area contributed by atoms with Crippen LogP contribution in [0.1, 0.15) is 72.1 Å². The molecule has 0 spiro atoms. The average molecular weight is 348 g/mol. The van der Waals surface area contributed by atoms with Gasteiger partial charge in [0.25, 0.3) is 0 Å². The first-order valence-corrected chi connectivity index (χ1v) is 10.1. The van der Waals surface area contributed by atoms with Crippen molar-refractivity contribution >= 4 is 11.6 Å². The number of carbonyl (C=O) groups is 2. The normalized spacial score (nSPS) is 55.2. The molecule has 140 valence electrons. The molecule has 4 saturated carbocycles. The highest BCUT2D eigenvalue weighted by Crippen LogP contribution is 2.68. The molecule has 0 aromatic carbocycles. The van der Waals surface area contributed by atoms with Gasteiger partial charge in [-0.15, -0.1) is 0 Å². The van der Waals surface area contributed by atoms with E-state index in [1.54, 1.807) is 0 Å². The third-order valence-corrected chi connectivity index (χ3v) is 9.15. The van der Waals surface area contributed by atoms with Gasteiger partial charge in [-0.25, -0.2) is 0 Å². The lowest BCUT2D eigenvalue weighted by Gasteiger charge is -2.62. The molecular formula is C21H32O4. The number of Topliss-reactive ketones (excluding diaryl/α,β-unsaturated/α-hetero) is 2. The van der Waals surface area contributed by atoms with Crippen LogP contribution in [0.3, 0.4) is 0 Å². The lowest BCUT2D eigenvalue weighted by molar-refractivity contribution is -0.197. The van der Waals surface area contributed by atoms with Crippen LogP contribution in [-0.4, -0.2) is 33.5 Å². The number of aliphatic hydroxyl groups is 2. The monoisotopic (exact) mass is 348 g/mol. The molecule has 0 aliphatic heterocycles. The molecule has 4 rings (SSSR count). The third kappa shape index (κ3) is 2.13. The molecule has 4 aliphatic carbocycles. The van der Waals surface area contributed by atoms with Crippen molar-refractivity contribution in [2.24, 2.45) is 34.5 Å². The Morgan fingerprint density at radius 1 is 1.16 bits per heavy atom. The molecule has 0 aromatic heterocycles. The second-order valence-corrected chi connectivity index (χ2v) is 9.96. The smallest absolute Gasteiger partial charge is 0.161 e. The standard InChI is InChI=1S/C21H32O4/c1-12(22)21(25)9-7-16-15-5-4-13-10-14(23)6-8-19(13,2)18(15)17(24)11-20(16,21)3/h13,15-18,24-25H,4-11H2,1-3H3/t13-,15-,16-,17+,18+,19-,20-,21+/m0/s1. The van der Waals surface area contributed by atoms with Crippen LogP contribution in [0.25, 0.3) is 0 Å². The second-order valence-electron chi connectivity index (χ2n) is 9.96. The van der Waals surface area contributed by atoms with Crippen LogP contribution in [0.2, 0.25) is 0 Å². The van der Waals surface area contributed by atoms with Gasteiger partial charge in [0, 0.05) is 18.3 Å². The zero-order valence-corrected chi connectivity index (χ0v) is 15.8. The van der Waals surface area contributed by atoms with Crippen LogP contribution in [0.15, 0.2) is 0 Å². The van der Waals surface area contributed by atoms with Crippen molar-refractivity contribution in [3.63, 3.8) is 0 Å². The largest absolute Gasteiger partial charge is 0.393 e. The lowest BCUT2D eigenvalue weighted by Crippen LogP contribution is -2.62. The van der Waals surface area contributed by atoms with Crippen LogP contribution in [0.5, 0.6) is 0 Å². The molecule has 0 amide bonds. The summed E-state index contributed by atoms with van der Waals surface area (Å²) in [7, 11) is 0. The minimum absolute atomic E-state index is 0.0223. The van der Waals surface area contributed by atoms with E-state index >= 15 is 0 Å². The first-order chi connectivity index (χ1) is 11.6. The maximum absolute atomic E-state index is 12.3. The summed E-state index contributed by atoms with van der Waals surface area (Å²) in [5.41, 5.74) is -1.79. The quantitative estimate of drug-likeness (QED) is 0.764. The molecule has 4 nitrogen and oxygen atoms in total. The Morgan fingerprint density at radius 2 is 1.88 bits per heavy atom. The minimum Gasteiger partial charge on any atom is -0.393 e. The van der Waals surface area contributed by atoms with Crippen molar-refractivity contribution in [1.82, 2.24) is 0 Å². The van der Waals surface area contributed by atoms with Gasteiger partial charge >= 0.3 is 0 Å². The molecule has 0 aromatic rings. The average Bonchev–Trinajstić information content (AvgIpc) is 2.80. The van der Waals surface area contributed by atoms with Crippen molar-refractivity contribution in [1.29, 1.82) is 0 Å². The maximum atomic E-state index is 12.3. The van der Waals surface area contributed by atoms with E-state index in [0.717, 1.165) is 25.7 Å². The van der Waals surface area contributed by atoms with Crippen LogP contribution >= 0.6 is 0 Å². The van der Waals surface area contributed by atoms with Crippen LogP contribution in [0, 0.1) is 34.5 Å². The van der Waals surface area contributed by atoms with Gasteiger partial charge in [-0.2, -0.15) is 0 Å². The molecule has 0 saturated heterocycles. The van der Waals surface area contributed by atoms with Crippen LogP contribution in [0.4, 0.5) is 0 Å².